The van der Waals surface area contributed by atoms with Crippen molar-refractivity contribution in [1.82, 2.24) is 5.32 Å². The zero-order chi connectivity index (χ0) is 6.04. The quantitative estimate of drug-likeness (QED) is 0.360. The van der Waals surface area contributed by atoms with E-state index in [1.165, 1.54) is 0 Å². The van der Waals surface area contributed by atoms with Gasteiger partial charge < -0.3 is 10.4 Å². The van der Waals surface area contributed by atoms with Crippen molar-refractivity contribution in [3.8, 4) is 0 Å². The van der Waals surface area contributed by atoms with Crippen LogP contribution in [0.15, 0.2) is 24.4 Å². The molecule has 2 nitrogen and oxygen atoms in total. The fourth-order valence-corrected chi connectivity index (χ4v) is 0.839. The molecule has 0 aromatic rings. The SMILES string of the molecule is OC1(I)C=CC=CN1. The molecule has 2 N–H and O–H groups in total. The molecule has 1 aliphatic rings. The van der Waals surface area contributed by atoms with Gasteiger partial charge in [0, 0.05) is 0 Å². The summed E-state index contributed by atoms with van der Waals surface area (Å²) >= 11 is 1.90. The van der Waals surface area contributed by atoms with Crippen LogP contribution in [0.4, 0.5) is 0 Å². The highest BCUT2D eigenvalue weighted by atomic mass is 127. The van der Waals surface area contributed by atoms with Crippen LogP contribution in [-0.2, 0) is 0 Å². The molecule has 0 aliphatic carbocycles. The summed E-state index contributed by atoms with van der Waals surface area (Å²) in [4.78, 5) is 0. The van der Waals surface area contributed by atoms with Crippen molar-refractivity contribution in [2.45, 2.75) is 3.73 Å². The van der Waals surface area contributed by atoms with Gasteiger partial charge in [-0.2, -0.15) is 0 Å². The van der Waals surface area contributed by atoms with Crippen LogP contribution in [0.25, 0.3) is 0 Å². The molecule has 0 radical (unpaired) electrons. The first-order valence-corrected chi connectivity index (χ1v) is 3.32. The molecular weight excluding hydrogens is 217 g/mol. The number of dihydropyridines is 1. The van der Waals surface area contributed by atoms with Gasteiger partial charge in [-0.15, -0.1) is 0 Å². The molecule has 1 rings (SSSR count). The minimum Gasteiger partial charge on any atom is -0.359 e. The lowest BCUT2D eigenvalue weighted by molar-refractivity contribution is 0.183. The molecule has 1 unspecified atom stereocenters. The molecule has 0 aromatic carbocycles. The monoisotopic (exact) mass is 223 g/mol. The van der Waals surface area contributed by atoms with Gasteiger partial charge >= 0.3 is 0 Å². The van der Waals surface area contributed by atoms with Crippen molar-refractivity contribution < 1.29 is 5.11 Å². The van der Waals surface area contributed by atoms with Crippen molar-refractivity contribution in [3.63, 3.8) is 0 Å². The number of allylic oxidation sites excluding steroid dienone is 2. The first-order chi connectivity index (χ1) is 3.71. The van der Waals surface area contributed by atoms with Crippen LogP contribution >= 0.6 is 22.6 Å². The van der Waals surface area contributed by atoms with E-state index >= 15 is 0 Å². The topological polar surface area (TPSA) is 32.3 Å². The van der Waals surface area contributed by atoms with Crippen molar-refractivity contribution in [2.75, 3.05) is 0 Å². The van der Waals surface area contributed by atoms with Crippen LogP contribution in [0.2, 0.25) is 0 Å². The predicted molar refractivity (Wildman–Crippen MR) is 40.4 cm³/mol. The normalized spacial score (nSPS) is 34.8. The molecule has 1 heterocycles. The molecule has 3 heteroatoms. The second-order valence-corrected chi connectivity index (χ2v) is 3.18. The standard InChI is InChI=1S/C5H6INO/c6-5(8)3-1-2-4-7-5/h1-4,7-8H. The molecule has 0 amide bonds. The van der Waals surface area contributed by atoms with Crippen LogP contribution < -0.4 is 5.32 Å². The van der Waals surface area contributed by atoms with Crippen LogP contribution in [0.5, 0.6) is 0 Å². The van der Waals surface area contributed by atoms with E-state index in [4.69, 9.17) is 5.11 Å². The average molecular weight is 223 g/mol. The Morgan fingerprint density at radius 2 is 2.25 bits per heavy atom. The summed E-state index contributed by atoms with van der Waals surface area (Å²) in [6.07, 6.45) is 7.00. The molecule has 8 heavy (non-hydrogen) atoms. The Morgan fingerprint density at radius 1 is 1.50 bits per heavy atom. The predicted octanol–water partition coefficient (Wildman–Crippen LogP) is 0.741. The minimum atomic E-state index is -0.869. The number of rotatable bonds is 0. The number of nitrogens with one attached hydrogen (secondary N) is 1. The first-order valence-electron chi connectivity index (χ1n) is 2.24. The number of halogens is 1. The summed E-state index contributed by atoms with van der Waals surface area (Å²) in [5.74, 6) is 0. The Kier molecular flexibility index (Phi) is 1.57. The van der Waals surface area contributed by atoms with Gasteiger partial charge in [-0.05, 0) is 40.9 Å². The van der Waals surface area contributed by atoms with Gasteiger partial charge in [0.2, 0.25) is 3.73 Å². The fourth-order valence-electron chi connectivity index (χ4n) is 0.452. The maximum absolute atomic E-state index is 9.11. The third-order valence-corrected chi connectivity index (χ3v) is 1.48. The molecule has 44 valence electrons. The third-order valence-electron chi connectivity index (χ3n) is 0.810. The van der Waals surface area contributed by atoms with E-state index < -0.39 is 3.73 Å². The summed E-state index contributed by atoms with van der Waals surface area (Å²) in [5.41, 5.74) is 0. The van der Waals surface area contributed by atoms with Gasteiger partial charge in [0.05, 0.1) is 0 Å². The molecule has 0 saturated heterocycles. The zero-order valence-electron chi connectivity index (χ0n) is 4.13. The van der Waals surface area contributed by atoms with Crippen molar-refractivity contribution in [1.29, 1.82) is 0 Å². The van der Waals surface area contributed by atoms with Crippen molar-refractivity contribution in [3.05, 3.63) is 24.4 Å². The summed E-state index contributed by atoms with van der Waals surface area (Å²) in [5, 5.41) is 11.8. The molecule has 0 bridgehead atoms. The lowest BCUT2D eigenvalue weighted by atomic mass is 10.4. The molecule has 1 atom stereocenters. The zero-order valence-corrected chi connectivity index (χ0v) is 6.29. The molecule has 0 spiro atoms. The number of hydrogen-bond acceptors (Lipinski definition) is 2. The smallest absolute Gasteiger partial charge is 0.208 e. The molecule has 0 saturated carbocycles. The second kappa shape index (κ2) is 2.06. The molecule has 0 fully saturated rings. The molecule has 1 aliphatic heterocycles. The highest BCUT2D eigenvalue weighted by molar-refractivity contribution is 14.1. The Morgan fingerprint density at radius 3 is 2.50 bits per heavy atom. The number of alkyl halides is 1. The van der Waals surface area contributed by atoms with Crippen molar-refractivity contribution in [2.24, 2.45) is 0 Å². The Labute approximate surface area is 61.4 Å². The van der Waals surface area contributed by atoms with Crippen LogP contribution in [0.1, 0.15) is 0 Å². The lowest BCUT2D eigenvalue weighted by Gasteiger charge is -2.18. The van der Waals surface area contributed by atoms with Gasteiger partial charge in [-0.1, -0.05) is 6.08 Å². The lowest BCUT2D eigenvalue weighted by Crippen LogP contribution is -2.33. The third kappa shape index (κ3) is 1.48. The van der Waals surface area contributed by atoms with Gasteiger partial charge in [-0.25, -0.2) is 0 Å². The highest BCUT2D eigenvalue weighted by Gasteiger charge is 2.15. The van der Waals surface area contributed by atoms with E-state index in [1.807, 2.05) is 28.7 Å². The Bertz CT molecular complexity index is 139. The van der Waals surface area contributed by atoms with Gasteiger partial charge in [-0.3, -0.25) is 0 Å². The summed E-state index contributed by atoms with van der Waals surface area (Å²) in [7, 11) is 0. The fraction of sp³-hybridized carbons (Fsp3) is 0.200. The average Bonchev–Trinajstić information content (AvgIpc) is 1.65. The second-order valence-electron chi connectivity index (χ2n) is 1.54. The summed E-state index contributed by atoms with van der Waals surface area (Å²) < 4.78 is -0.869. The van der Waals surface area contributed by atoms with Gasteiger partial charge in [0.1, 0.15) is 0 Å². The minimum absolute atomic E-state index is 0.869. The van der Waals surface area contributed by atoms with E-state index in [0.717, 1.165) is 0 Å². The Hall–Kier alpha value is -0.0300. The summed E-state index contributed by atoms with van der Waals surface area (Å²) in [6, 6.07) is 0. The van der Waals surface area contributed by atoms with E-state index in [9.17, 15) is 0 Å². The van der Waals surface area contributed by atoms with E-state index in [0.29, 0.717) is 0 Å². The van der Waals surface area contributed by atoms with Crippen LogP contribution in [-0.4, -0.2) is 8.84 Å². The molecule has 0 aromatic heterocycles. The van der Waals surface area contributed by atoms with Gasteiger partial charge in [0.25, 0.3) is 0 Å². The van der Waals surface area contributed by atoms with Gasteiger partial charge in [0.15, 0.2) is 0 Å². The number of hydrogen-bond donors (Lipinski definition) is 2. The molecular formula is C5H6INO. The van der Waals surface area contributed by atoms with Crippen molar-refractivity contribution >= 4 is 22.6 Å². The maximum atomic E-state index is 9.11. The first kappa shape index (κ1) is 6.10. The largest absolute Gasteiger partial charge is 0.359 e. The number of aliphatic hydroxyl groups is 1. The summed E-state index contributed by atoms with van der Waals surface area (Å²) in [6.45, 7) is 0. The van der Waals surface area contributed by atoms with E-state index in [-0.39, 0.29) is 0 Å². The van der Waals surface area contributed by atoms with Crippen LogP contribution in [0.3, 0.4) is 0 Å². The van der Waals surface area contributed by atoms with E-state index in [1.54, 1.807) is 18.4 Å². The highest BCUT2D eigenvalue weighted by Crippen LogP contribution is 2.14. The van der Waals surface area contributed by atoms with Crippen LogP contribution in [0, 0.1) is 0 Å². The maximum Gasteiger partial charge on any atom is 0.208 e. The Balaban J connectivity index is 2.65. The van der Waals surface area contributed by atoms with E-state index in [2.05, 4.69) is 5.32 Å².